The summed E-state index contributed by atoms with van der Waals surface area (Å²) in [5.74, 6) is 1.50. The zero-order chi connectivity index (χ0) is 19.0. The Kier molecular flexibility index (Phi) is 4.77. The zero-order valence-electron chi connectivity index (χ0n) is 16.0. The van der Waals surface area contributed by atoms with Crippen LogP contribution in [0, 0.1) is 0 Å². The number of anilines is 2. The first-order valence-electron chi connectivity index (χ1n) is 8.96. The quantitative estimate of drug-likeness (QED) is 0.601. The minimum atomic E-state index is -0.0985. The number of hydrogen-bond acceptors (Lipinski definition) is 3. The number of fused-ring (bicyclic) bond motifs is 1. The van der Waals surface area contributed by atoms with Crippen molar-refractivity contribution in [1.82, 2.24) is 0 Å². The van der Waals surface area contributed by atoms with E-state index in [4.69, 9.17) is 10.5 Å². The molecule has 3 N–H and O–H groups in total. The van der Waals surface area contributed by atoms with Gasteiger partial charge in [-0.2, -0.15) is 0 Å². The summed E-state index contributed by atoms with van der Waals surface area (Å²) < 4.78 is 5.70. The Balaban J connectivity index is 2.16. The van der Waals surface area contributed by atoms with Gasteiger partial charge in [-0.1, -0.05) is 33.8 Å². The van der Waals surface area contributed by atoms with Crippen LogP contribution < -0.4 is 15.8 Å². The molecular weight excluding hydrogens is 324 g/mol. The predicted octanol–water partition coefficient (Wildman–Crippen LogP) is 5.02. The smallest absolute Gasteiger partial charge is 0.256 e. The van der Waals surface area contributed by atoms with Crippen LogP contribution >= 0.6 is 0 Å². The largest absolute Gasteiger partial charge is 0.496 e. The minimum Gasteiger partial charge on any atom is -0.496 e. The number of ether oxygens (including phenoxy) is 1. The van der Waals surface area contributed by atoms with Gasteiger partial charge in [0.1, 0.15) is 5.75 Å². The first-order valence-corrected chi connectivity index (χ1v) is 8.96. The molecule has 0 bridgehead atoms. The molecule has 0 atom stereocenters. The van der Waals surface area contributed by atoms with E-state index in [2.05, 4.69) is 45.1 Å². The fourth-order valence-electron chi connectivity index (χ4n) is 3.40. The third kappa shape index (κ3) is 3.19. The molecule has 1 aliphatic rings. The van der Waals surface area contributed by atoms with Gasteiger partial charge in [-0.05, 0) is 58.9 Å². The van der Waals surface area contributed by atoms with E-state index in [0.29, 0.717) is 23.1 Å². The van der Waals surface area contributed by atoms with Crippen molar-refractivity contribution in [2.45, 2.75) is 39.5 Å². The Labute approximate surface area is 155 Å². The molecule has 0 unspecified atom stereocenters. The normalized spacial score (nSPS) is 14.9. The van der Waals surface area contributed by atoms with Crippen LogP contribution in [0.3, 0.4) is 0 Å². The van der Waals surface area contributed by atoms with E-state index < -0.39 is 0 Å². The average Bonchev–Trinajstić information content (AvgIpc) is 2.88. The summed E-state index contributed by atoms with van der Waals surface area (Å²) in [6.07, 6.45) is 1.95. The van der Waals surface area contributed by atoms with Gasteiger partial charge in [0.05, 0.1) is 12.8 Å². The lowest BCUT2D eigenvalue weighted by Gasteiger charge is -2.19. The summed E-state index contributed by atoms with van der Waals surface area (Å²) in [5, 5.41) is 2.89. The van der Waals surface area contributed by atoms with E-state index in [-0.39, 0.29) is 5.91 Å². The summed E-state index contributed by atoms with van der Waals surface area (Å²) in [5.41, 5.74) is 12.1. The van der Waals surface area contributed by atoms with Crippen LogP contribution in [-0.2, 0) is 4.79 Å². The third-order valence-electron chi connectivity index (χ3n) is 4.75. The van der Waals surface area contributed by atoms with Crippen LogP contribution in [0.15, 0.2) is 30.3 Å². The maximum Gasteiger partial charge on any atom is 0.256 e. The van der Waals surface area contributed by atoms with E-state index >= 15 is 0 Å². The Morgan fingerprint density at radius 3 is 2.19 bits per heavy atom. The van der Waals surface area contributed by atoms with E-state index in [1.807, 2.05) is 18.2 Å². The molecule has 0 spiro atoms. The van der Waals surface area contributed by atoms with Crippen LogP contribution in [0.2, 0.25) is 0 Å². The van der Waals surface area contributed by atoms with Crippen molar-refractivity contribution in [3.63, 3.8) is 0 Å². The SMILES string of the molecule is COc1c(C(C)C)cc(C=C2C(=O)Nc3cc(N)ccc32)cc1C(C)C. The molecule has 0 saturated heterocycles. The molecule has 2 aromatic rings. The lowest BCUT2D eigenvalue weighted by atomic mass is 9.90. The van der Waals surface area contributed by atoms with Gasteiger partial charge in [0.25, 0.3) is 5.91 Å². The van der Waals surface area contributed by atoms with Gasteiger partial charge in [0.2, 0.25) is 0 Å². The number of nitrogens with two attached hydrogens (primary N) is 1. The van der Waals surface area contributed by atoms with Gasteiger partial charge in [-0.25, -0.2) is 0 Å². The van der Waals surface area contributed by atoms with Crippen LogP contribution in [0.4, 0.5) is 11.4 Å². The standard InChI is InChI=1S/C22H26N2O2/c1-12(2)17-8-14(9-18(13(3)4)21(17)26-5)10-19-16-7-6-15(23)11-20(16)24-22(19)25/h6-13H,23H2,1-5H3,(H,24,25). The van der Waals surface area contributed by atoms with Crippen molar-refractivity contribution in [1.29, 1.82) is 0 Å². The Hall–Kier alpha value is -2.75. The van der Waals surface area contributed by atoms with Gasteiger partial charge in [-0.15, -0.1) is 0 Å². The first-order chi connectivity index (χ1) is 12.3. The highest BCUT2D eigenvalue weighted by molar-refractivity contribution is 6.35. The van der Waals surface area contributed by atoms with E-state index in [0.717, 1.165) is 33.7 Å². The monoisotopic (exact) mass is 350 g/mol. The maximum atomic E-state index is 12.5. The number of methoxy groups -OCH3 is 1. The number of hydrogen-bond donors (Lipinski definition) is 2. The second-order valence-electron chi connectivity index (χ2n) is 7.36. The summed E-state index contributed by atoms with van der Waals surface area (Å²) >= 11 is 0. The maximum absolute atomic E-state index is 12.5. The Bertz CT molecular complexity index is 866. The second kappa shape index (κ2) is 6.87. The number of amides is 1. The lowest BCUT2D eigenvalue weighted by molar-refractivity contribution is -0.110. The van der Waals surface area contributed by atoms with Crippen LogP contribution in [0.25, 0.3) is 11.6 Å². The van der Waals surface area contributed by atoms with Crippen molar-refractivity contribution >= 4 is 28.9 Å². The van der Waals surface area contributed by atoms with Crippen LogP contribution in [-0.4, -0.2) is 13.0 Å². The van der Waals surface area contributed by atoms with E-state index in [1.54, 1.807) is 13.2 Å². The first kappa shape index (κ1) is 18.1. The zero-order valence-corrected chi connectivity index (χ0v) is 16.0. The van der Waals surface area contributed by atoms with E-state index in [1.165, 1.54) is 0 Å². The van der Waals surface area contributed by atoms with Crippen molar-refractivity contribution in [2.75, 3.05) is 18.2 Å². The van der Waals surface area contributed by atoms with Gasteiger partial charge >= 0.3 is 0 Å². The second-order valence-corrected chi connectivity index (χ2v) is 7.36. The molecule has 1 heterocycles. The molecule has 0 fully saturated rings. The van der Waals surface area contributed by atoms with Crippen molar-refractivity contribution < 1.29 is 9.53 Å². The number of carbonyl (C=O) groups excluding carboxylic acids is 1. The van der Waals surface area contributed by atoms with Gasteiger partial charge in [0, 0.05) is 16.8 Å². The average molecular weight is 350 g/mol. The fourth-order valence-corrected chi connectivity index (χ4v) is 3.40. The molecule has 0 saturated carbocycles. The molecule has 0 radical (unpaired) electrons. The highest BCUT2D eigenvalue weighted by Crippen LogP contribution is 2.38. The van der Waals surface area contributed by atoms with Gasteiger partial charge < -0.3 is 15.8 Å². The molecule has 3 rings (SSSR count). The van der Waals surface area contributed by atoms with Crippen molar-refractivity contribution in [3.8, 4) is 5.75 Å². The van der Waals surface area contributed by atoms with Crippen molar-refractivity contribution in [2.24, 2.45) is 0 Å². The van der Waals surface area contributed by atoms with Gasteiger partial charge in [0.15, 0.2) is 0 Å². The number of nitrogen functional groups attached to an aromatic ring is 1. The summed E-state index contributed by atoms with van der Waals surface area (Å²) in [7, 11) is 1.72. The van der Waals surface area contributed by atoms with Crippen LogP contribution in [0.1, 0.15) is 61.8 Å². The Morgan fingerprint density at radius 1 is 1.04 bits per heavy atom. The molecule has 26 heavy (non-hydrogen) atoms. The molecule has 4 nitrogen and oxygen atoms in total. The number of carbonyl (C=O) groups is 1. The summed E-state index contributed by atoms with van der Waals surface area (Å²) in [4.78, 5) is 12.5. The summed E-state index contributed by atoms with van der Waals surface area (Å²) in [6, 6.07) is 9.74. The highest BCUT2D eigenvalue weighted by atomic mass is 16.5. The molecule has 136 valence electrons. The minimum absolute atomic E-state index is 0.0985. The molecule has 1 amide bonds. The summed E-state index contributed by atoms with van der Waals surface area (Å²) in [6.45, 7) is 8.61. The molecule has 0 aliphatic carbocycles. The van der Waals surface area contributed by atoms with Crippen molar-refractivity contribution in [3.05, 3.63) is 52.6 Å². The van der Waals surface area contributed by atoms with Gasteiger partial charge in [-0.3, -0.25) is 4.79 Å². The Morgan fingerprint density at radius 2 is 1.65 bits per heavy atom. The molecule has 4 heteroatoms. The molecule has 1 aliphatic heterocycles. The van der Waals surface area contributed by atoms with Crippen LogP contribution in [0.5, 0.6) is 5.75 Å². The molecular formula is C22H26N2O2. The lowest BCUT2D eigenvalue weighted by Crippen LogP contribution is -2.04. The number of nitrogens with one attached hydrogen (secondary N) is 1. The van der Waals surface area contributed by atoms with E-state index in [9.17, 15) is 4.79 Å². The highest BCUT2D eigenvalue weighted by Gasteiger charge is 2.24. The third-order valence-corrected chi connectivity index (χ3v) is 4.75. The number of rotatable bonds is 4. The molecule has 0 aromatic heterocycles. The topological polar surface area (TPSA) is 64.3 Å². The fraction of sp³-hybridized carbons (Fsp3) is 0.318. The molecule has 2 aromatic carbocycles. The number of benzene rings is 2. The predicted molar refractivity (Wildman–Crippen MR) is 109 cm³/mol.